The molecule has 4 aromatic rings. The Hall–Kier alpha value is -3.19. The maximum Gasteiger partial charge on any atom is 0.138 e. The lowest BCUT2D eigenvalue weighted by atomic mass is 10.0. The first-order valence-corrected chi connectivity index (χ1v) is 8.58. The van der Waals surface area contributed by atoms with Gasteiger partial charge in [0.1, 0.15) is 17.2 Å². The molecule has 0 saturated carbocycles. The molecular weight excluding hydrogens is 308 g/mol. The molecule has 0 radical (unpaired) electrons. The van der Waals surface area contributed by atoms with E-state index in [1.165, 1.54) is 0 Å². The van der Waals surface area contributed by atoms with E-state index in [0.29, 0.717) is 5.56 Å². The third kappa shape index (κ3) is 2.54. The Balaban J connectivity index is 2.12. The number of rotatable bonds is 4. The summed E-state index contributed by atoms with van der Waals surface area (Å²) in [7, 11) is 0. The van der Waals surface area contributed by atoms with Crippen molar-refractivity contribution in [3.05, 3.63) is 66.0 Å². The fraction of sp³-hybridized carbons (Fsp3) is 0.190. The predicted molar refractivity (Wildman–Crippen MR) is 99.3 cm³/mol. The first-order valence-electron chi connectivity index (χ1n) is 8.58. The first kappa shape index (κ1) is 15.3. The molecular formula is C21H18N4. The molecule has 0 aliphatic carbocycles. The molecule has 0 spiro atoms. The van der Waals surface area contributed by atoms with Gasteiger partial charge in [0.15, 0.2) is 0 Å². The molecule has 0 amide bonds. The Morgan fingerprint density at radius 3 is 2.60 bits per heavy atom. The van der Waals surface area contributed by atoms with Gasteiger partial charge in [-0.2, -0.15) is 5.26 Å². The van der Waals surface area contributed by atoms with Gasteiger partial charge in [-0.3, -0.25) is 4.40 Å². The zero-order valence-electron chi connectivity index (χ0n) is 14.1. The van der Waals surface area contributed by atoms with Crippen molar-refractivity contribution in [1.82, 2.24) is 14.4 Å². The van der Waals surface area contributed by atoms with Gasteiger partial charge < -0.3 is 0 Å². The summed E-state index contributed by atoms with van der Waals surface area (Å²) in [6, 6.07) is 18.3. The highest BCUT2D eigenvalue weighted by Gasteiger charge is 2.19. The molecule has 1 aromatic carbocycles. The van der Waals surface area contributed by atoms with E-state index in [1.807, 2.05) is 59.1 Å². The van der Waals surface area contributed by atoms with Crippen LogP contribution in [0.5, 0.6) is 0 Å². The van der Waals surface area contributed by atoms with E-state index in [0.717, 1.165) is 52.9 Å². The lowest BCUT2D eigenvalue weighted by molar-refractivity contribution is 0.776. The van der Waals surface area contributed by atoms with Crippen molar-refractivity contribution in [2.45, 2.75) is 26.2 Å². The molecule has 4 rings (SSSR count). The van der Waals surface area contributed by atoms with E-state index in [4.69, 9.17) is 9.97 Å². The Labute approximate surface area is 146 Å². The second kappa shape index (κ2) is 6.37. The van der Waals surface area contributed by atoms with Crippen LogP contribution in [0, 0.1) is 11.3 Å². The summed E-state index contributed by atoms with van der Waals surface area (Å²) in [5.74, 6) is 0. The topological polar surface area (TPSA) is 54.0 Å². The van der Waals surface area contributed by atoms with Crippen LogP contribution in [0.4, 0.5) is 0 Å². The quantitative estimate of drug-likeness (QED) is 0.543. The lowest BCUT2D eigenvalue weighted by Gasteiger charge is -2.09. The van der Waals surface area contributed by atoms with E-state index in [1.54, 1.807) is 0 Å². The van der Waals surface area contributed by atoms with Gasteiger partial charge in [-0.1, -0.05) is 49.7 Å². The number of aryl methyl sites for hydroxylation is 1. The van der Waals surface area contributed by atoms with Crippen LogP contribution in [0.1, 0.15) is 31.0 Å². The summed E-state index contributed by atoms with van der Waals surface area (Å²) in [6.45, 7) is 2.15. The van der Waals surface area contributed by atoms with E-state index in [-0.39, 0.29) is 0 Å². The SMILES string of the molecule is CCCCc1nc(-c2ccccc2)c2nc3ccccn3c2c1C#N. The van der Waals surface area contributed by atoms with Crippen LogP contribution in [0.3, 0.4) is 0 Å². The number of hydrogen-bond donors (Lipinski definition) is 0. The number of aromatic nitrogens is 3. The van der Waals surface area contributed by atoms with Gasteiger partial charge in [-0.05, 0) is 25.0 Å². The number of benzene rings is 1. The van der Waals surface area contributed by atoms with Crippen LogP contribution in [-0.4, -0.2) is 14.4 Å². The molecule has 0 fully saturated rings. The minimum absolute atomic E-state index is 0.641. The number of pyridine rings is 2. The molecule has 0 atom stereocenters. The summed E-state index contributed by atoms with van der Waals surface area (Å²) >= 11 is 0. The van der Waals surface area contributed by atoms with Crippen molar-refractivity contribution in [2.75, 3.05) is 0 Å². The molecule has 4 heteroatoms. The number of nitriles is 1. The van der Waals surface area contributed by atoms with E-state index < -0.39 is 0 Å². The lowest BCUT2D eigenvalue weighted by Crippen LogP contribution is -2.01. The second-order valence-electron chi connectivity index (χ2n) is 6.10. The highest BCUT2D eigenvalue weighted by molar-refractivity contribution is 5.96. The van der Waals surface area contributed by atoms with Crippen LogP contribution < -0.4 is 0 Å². The van der Waals surface area contributed by atoms with E-state index >= 15 is 0 Å². The standard InChI is InChI=1S/C21H18N4/c1-2-3-11-17-16(14-22)21-20(24-18-12-7-8-13-25(18)21)19(23-17)15-9-5-4-6-10-15/h4-10,12-13H,2-3,11H2,1H3. The fourth-order valence-electron chi connectivity index (χ4n) is 3.22. The number of nitrogens with zero attached hydrogens (tertiary/aromatic N) is 4. The highest BCUT2D eigenvalue weighted by Crippen LogP contribution is 2.31. The van der Waals surface area contributed by atoms with Crippen molar-refractivity contribution >= 4 is 16.7 Å². The third-order valence-corrected chi connectivity index (χ3v) is 4.45. The minimum atomic E-state index is 0.641. The van der Waals surface area contributed by atoms with Crippen LogP contribution in [0.25, 0.3) is 27.9 Å². The average Bonchev–Trinajstić information content (AvgIpc) is 3.05. The Bertz CT molecular complexity index is 1090. The molecule has 0 unspecified atom stereocenters. The van der Waals surface area contributed by atoms with Gasteiger partial charge in [0.25, 0.3) is 0 Å². The maximum atomic E-state index is 9.82. The van der Waals surface area contributed by atoms with Gasteiger partial charge in [0, 0.05) is 11.8 Å². The number of fused-ring (bicyclic) bond motifs is 3. The molecule has 4 nitrogen and oxygen atoms in total. The molecule has 0 aliphatic heterocycles. The summed E-state index contributed by atoms with van der Waals surface area (Å²) < 4.78 is 2.00. The van der Waals surface area contributed by atoms with Crippen molar-refractivity contribution in [3.8, 4) is 17.3 Å². The largest absolute Gasteiger partial charge is 0.298 e. The van der Waals surface area contributed by atoms with Crippen LogP contribution in [0.15, 0.2) is 54.7 Å². The van der Waals surface area contributed by atoms with Crippen molar-refractivity contribution in [3.63, 3.8) is 0 Å². The van der Waals surface area contributed by atoms with Gasteiger partial charge in [-0.15, -0.1) is 0 Å². The molecule has 0 bridgehead atoms. The Morgan fingerprint density at radius 1 is 1.04 bits per heavy atom. The fourth-order valence-corrected chi connectivity index (χ4v) is 3.22. The predicted octanol–water partition coefficient (Wildman–Crippen LogP) is 4.76. The minimum Gasteiger partial charge on any atom is -0.298 e. The summed E-state index contributed by atoms with van der Waals surface area (Å²) in [4.78, 5) is 9.65. The normalized spacial score (nSPS) is 11.0. The number of imidazole rings is 1. The van der Waals surface area contributed by atoms with Crippen molar-refractivity contribution in [1.29, 1.82) is 5.26 Å². The molecule has 25 heavy (non-hydrogen) atoms. The van der Waals surface area contributed by atoms with E-state index in [9.17, 15) is 5.26 Å². The Kier molecular flexibility index (Phi) is 3.91. The first-order chi connectivity index (χ1) is 12.3. The van der Waals surface area contributed by atoms with Crippen molar-refractivity contribution in [2.24, 2.45) is 0 Å². The highest BCUT2D eigenvalue weighted by atomic mass is 15.0. The second-order valence-corrected chi connectivity index (χ2v) is 6.10. The average molecular weight is 326 g/mol. The Morgan fingerprint density at radius 2 is 1.84 bits per heavy atom. The molecule has 0 saturated heterocycles. The zero-order valence-corrected chi connectivity index (χ0v) is 14.1. The third-order valence-electron chi connectivity index (χ3n) is 4.45. The monoisotopic (exact) mass is 326 g/mol. The van der Waals surface area contributed by atoms with Crippen LogP contribution in [0.2, 0.25) is 0 Å². The number of hydrogen-bond acceptors (Lipinski definition) is 3. The summed E-state index contributed by atoms with van der Waals surface area (Å²) in [5, 5.41) is 9.82. The molecule has 3 aromatic heterocycles. The maximum absolute atomic E-state index is 9.82. The molecule has 122 valence electrons. The van der Waals surface area contributed by atoms with E-state index in [2.05, 4.69) is 13.0 Å². The summed E-state index contributed by atoms with van der Waals surface area (Å²) in [6.07, 6.45) is 4.84. The van der Waals surface area contributed by atoms with Crippen molar-refractivity contribution < 1.29 is 0 Å². The van der Waals surface area contributed by atoms with Crippen LogP contribution >= 0.6 is 0 Å². The smallest absolute Gasteiger partial charge is 0.138 e. The van der Waals surface area contributed by atoms with Gasteiger partial charge in [0.2, 0.25) is 0 Å². The van der Waals surface area contributed by atoms with Gasteiger partial charge >= 0.3 is 0 Å². The molecule has 0 N–H and O–H groups in total. The number of unbranched alkanes of at least 4 members (excludes halogenated alkanes) is 1. The zero-order chi connectivity index (χ0) is 17.2. The molecule has 3 heterocycles. The van der Waals surface area contributed by atoms with Gasteiger partial charge in [0.05, 0.1) is 22.5 Å². The van der Waals surface area contributed by atoms with Gasteiger partial charge in [-0.25, -0.2) is 9.97 Å². The summed E-state index contributed by atoms with van der Waals surface area (Å²) in [5.41, 5.74) is 5.86. The van der Waals surface area contributed by atoms with Crippen LogP contribution in [-0.2, 0) is 6.42 Å². The molecule has 0 aliphatic rings.